The number of benzene rings is 2. The number of amides is 1. The molecule has 5 nitrogen and oxygen atoms in total. The van der Waals surface area contributed by atoms with E-state index < -0.39 is 6.09 Å². The molecule has 0 saturated carbocycles. The standard InChI is InChI=1S/C17H16N2O3/c20-17(21)18-9-3-6-15-11-16(19-22-15)14-8-7-12-4-1-2-5-13(12)10-14/h1-2,4-5,7-8,10-11,18H,3,6,9H2,(H,20,21). The van der Waals surface area contributed by atoms with E-state index in [1.165, 1.54) is 5.39 Å². The molecule has 0 aliphatic heterocycles. The highest BCUT2D eigenvalue weighted by Gasteiger charge is 2.07. The van der Waals surface area contributed by atoms with Gasteiger partial charge in [0.2, 0.25) is 0 Å². The molecule has 2 N–H and O–H groups in total. The summed E-state index contributed by atoms with van der Waals surface area (Å²) in [5.41, 5.74) is 1.81. The predicted octanol–water partition coefficient (Wildman–Crippen LogP) is 3.70. The first kappa shape index (κ1) is 14.1. The number of hydrogen-bond acceptors (Lipinski definition) is 3. The van der Waals surface area contributed by atoms with E-state index in [-0.39, 0.29) is 0 Å². The van der Waals surface area contributed by atoms with Crippen LogP contribution in [0.15, 0.2) is 53.1 Å². The molecular weight excluding hydrogens is 280 g/mol. The Morgan fingerprint density at radius 2 is 1.95 bits per heavy atom. The van der Waals surface area contributed by atoms with Gasteiger partial charge in [-0.25, -0.2) is 4.79 Å². The lowest BCUT2D eigenvalue weighted by Gasteiger charge is -2.00. The third-order valence-electron chi connectivity index (χ3n) is 3.48. The summed E-state index contributed by atoms with van der Waals surface area (Å²) in [5, 5.41) is 17.3. The van der Waals surface area contributed by atoms with Crippen LogP contribution >= 0.6 is 0 Å². The van der Waals surface area contributed by atoms with Crippen LogP contribution in [0.3, 0.4) is 0 Å². The Hall–Kier alpha value is -2.82. The van der Waals surface area contributed by atoms with Crippen LogP contribution in [0.1, 0.15) is 12.2 Å². The molecule has 0 aliphatic rings. The largest absolute Gasteiger partial charge is 0.465 e. The smallest absolute Gasteiger partial charge is 0.404 e. The molecule has 22 heavy (non-hydrogen) atoms. The SMILES string of the molecule is O=C(O)NCCCc1cc(-c2ccc3ccccc3c2)no1. The van der Waals surface area contributed by atoms with Crippen LogP contribution in [0.25, 0.3) is 22.0 Å². The quantitative estimate of drug-likeness (QED) is 0.704. The second kappa shape index (κ2) is 6.30. The number of nitrogens with one attached hydrogen (secondary N) is 1. The highest BCUT2D eigenvalue weighted by molar-refractivity contribution is 5.86. The summed E-state index contributed by atoms with van der Waals surface area (Å²) in [4.78, 5) is 10.4. The van der Waals surface area contributed by atoms with E-state index in [0.29, 0.717) is 19.4 Å². The minimum atomic E-state index is -1.01. The van der Waals surface area contributed by atoms with Crippen LogP contribution in [0, 0.1) is 0 Å². The molecule has 5 heteroatoms. The van der Waals surface area contributed by atoms with E-state index in [2.05, 4.69) is 34.7 Å². The molecule has 1 heterocycles. The van der Waals surface area contributed by atoms with Crippen LogP contribution in [0.2, 0.25) is 0 Å². The molecule has 112 valence electrons. The molecule has 0 spiro atoms. The maximum Gasteiger partial charge on any atom is 0.404 e. The summed E-state index contributed by atoms with van der Waals surface area (Å²) in [6.07, 6.45) is 0.328. The van der Waals surface area contributed by atoms with Crippen molar-refractivity contribution in [3.05, 3.63) is 54.3 Å². The van der Waals surface area contributed by atoms with Gasteiger partial charge in [-0.15, -0.1) is 0 Å². The summed E-state index contributed by atoms with van der Waals surface area (Å²) in [6.45, 7) is 0.404. The number of aryl methyl sites for hydroxylation is 1. The average Bonchev–Trinajstić information content (AvgIpc) is 3.00. The molecule has 0 saturated heterocycles. The zero-order valence-electron chi connectivity index (χ0n) is 12.0. The molecule has 0 bridgehead atoms. The Morgan fingerprint density at radius 1 is 1.14 bits per heavy atom. The van der Waals surface area contributed by atoms with E-state index >= 15 is 0 Å². The van der Waals surface area contributed by atoms with E-state index in [4.69, 9.17) is 9.63 Å². The van der Waals surface area contributed by atoms with Crippen molar-refractivity contribution in [2.45, 2.75) is 12.8 Å². The first-order valence-electron chi connectivity index (χ1n) is 7.14. The fourth-order valence-corrected chi connectivity index (χ4v) is 2.37. The normalized spacial score (nSPS) is 10.7. The molecule has 3 aromatic rings. The van der Waals surface area contributed by atoms with E-state index in [0.717, 1.165) is 22.4 Å². The van der Waals surface area contributed by atoms with Gasteiger partial charge in [0.1, 0.15) is 11.5 Å². The number of rotatable bonds is 5. The van der Waals surface area contributed by atoms with Crippen LogP contribution in [-0.2, 0) is 6.42 Å². The van der Waals surface area contributed by atoms with E-state index in [1.807, 2.05) is 24.3 Å². The molecule has 0 fully saturated rings. The first-order valence-corrected chi connectivity index (χ1v) is 7.14. The number of hydrogen-bond donors (Lipinski definition) is 2. The molecular formula is C17H16N2O3. The number of carboxylic acid groups (broad SMARTS) is 1. The zero-order chi connectivity index (χ0) is 15.4. The van der Waals surface area contributed by atoms with Crippen LogP contribution in [0.4, 0.5) is 4.79 Å². The fourth-order valence-electron chi connectivity index (χ4n) is 2.37. The van der Waals surface area contributed by atoms with Crippen molar-refractivity contribution >= 4 is 16.9 Å². The van der Waals surface area contributed by atoms with Gasteiger partial charge in [0, 0.05) is 24.6 Å². The average molecular weight is 296 g/mol. The van der Waals surface area contributed by atoms with Crippen molar-refractivity contribution in [2.24, 2.45) is 0 Å². The van der Waals surface area contributed by atoms with Crippen molar-refractivity contribution < 1.29 is 14.4 Å². The minimum Gasteiger partial charge on any atom is -0.465 e. The van der Waals surface area contributed by atoms with Gasteiger partial charge in [0.05, 0.1) is 0 Å². The van der Waals surface area contributed by atoms with Crippen molar-refractivity contribution in [3.63, 3.8) is 0 Å². The maximum absolute atomic E-state index is 10.4. The van der Waals surface area contributed by atoms with Gasteiger partial charge in [0.25, 0.3) is 0 Å². The summed E-state index contributed by atoms with van der Waals surface area (Å²) >= 11 is 0. The fraction of sp³-hybridized carbons (Fsp3) is 0.176. The predicted molar refractivity (Wildman–Crippen MR) is 83.8 cm³/mol. The number of fused-ring (bicyclic) bond motifs is 1. The Balaban J connectivity index is 1.70. The van der Waals surface area contributed by atoms with Crippen molar-refractivity contribution in [3.8, 4) is 11.3 Å². The number of aromatic nitrogens is 1. The number of nitrogens with zero attached hydrogens (tertiary/aromatic N) is 1. The second-order valence-electron chi connectivity index (χ2n) is 5.08. The third-order valence-corrected chi connectivity index (χ3v) is 3.48. The molecule has 1 aromatic heterocycles. The lowest BCUT2D eigenvalue weighted by Crippen LogP contribution is -2.22. The first-order chi connectivity index (χ1) is 10.7. The molecule has 0 aliphatic carbocycles. The summed E-state index contributed by atoms with van der Waals surface area (Å²) < 4.78 is 5.31. The van der Waals surface area contributed by atoms with Gasteiger partial charge in [-0.05, 0) is 23.3 Å². The van der Waals surface area contributed by atoms with Crippen LogP contribution in [-0.4, -0.2) is 22.9 Å². The molecule has 0 atom stereocenters. The second-order valence-corrected chi connectivity index (χ2v) is 5.08. The molecule has 0 radical (unpaired) electrons. The third kappa shape index (κ3) is 3.25. The van der Waals surface area contributed by atoms with Gasteiger partial charge >= 0.3 is 6.09 Å². The lowest BCUT2D eigenvalue weighted by molar-refractivity contribution is 0.194. The molecule has 1 amide bonds. The van der Waals surface area contributed by atoms with Crippen molar-refractivity contribution in [1.29, 1.82) is 0 Å². The van der Waals surface area contributed by atoms with Gasteiger partial charge in [-0.3, -0.25) is 0 Å². The van der Waals surface area contributed by atoms with Crippen LogP contribution < -0.4 is 5.32 Å². The summed E-state index contributed by atoms with van der Waals surface area (Å²) in [7, 11) is 0. The van der Waals surface area contributed by atoms with E-state index in [9.17, 15) is 4.79 Å². The van der Waals surface area contributed by atoms with Gasteiger partial charge in [0.15, 0.2) is 0 Å². The van der Waals surface area contributed by atoms with E-state index in [1.54, 1.807) is 0 Å². The Labute approximate surface area is 127 Å². The Morgan fingerprint density at radius 3 is 2.77 bits per heavy atom. The highest BCUT2D eigenvalue weighted by Crippen LogP contribution is 2.24. The van der Waals surface area contributed by atoms with Gasteiger partial charge in [-0.1, -0.05) is 41.6 Å². The zero-order valence-corrected chi connectivity index (χ0v) is 12.0. The lowest BCUT2D eigenvalue weighted by atomic mass is 10.0. The molecule has 2 aromatic carbocycles. The van der Waals surface area contributed by atoms with Crippen molar-refractivity contribution in [2.75, 3.05) is 6.54 Å². The number of carbonyl (C=O) groups is 1. The summed E-state index contributed by atoms with van der Waals surface area (Å²) in [5.74, 6) is 0.760. The van der Waals surface area contributed by atoms with Gasteiger partial charge in [-0.2, -0.15) is 0 Å². The minimum absolute atomic E-state index is 0.404. The highest BCUT2D eigenvalue weighted by atomic mass is 16.5. The molecule has 3 rings (SSSR count). The maximum atomic E-state index is 10.4. The monoisotopic (exact) mass is 296 g/mol. The van der Waals surface area contributed by atoms with Crippen molar-refractivity contribution in [1.82, 2.24) is 10.5 Å². The Bertz CT molecular complexity index is 795. The van der Waals surface area contributed by atoms with Gasteiger partial charge < -0.3 is 14.9 Å². The Kier molecular flexibility index (Phi) is 4.05. The molecule has 0 unspecified atom stereocenters. The summed E-state index contributed by atoms with van der Waals surface area (Å²) in [6, 6.07) is 16.2. The topological polar surface area (TPSA) is 75.4 Å². The van der Waals surface area contributed by atoms with Crippen LogP contribution in [0.5, 0.6) is 0 Å².